The lowest BCUT2D eigenvalue weighted by Gasteiger charge is -2.11. The zero-order chi connectivity index (χ0) is 21.1. The number of amides is 1. The topological polar surface area (TPSA) is 57.8 Å². The summed E-state index contributed by atoms with van der Waals surface area (Å²) >= 11 is 0. The van der Waals surface area contributed by atoms with E-state index in [-0.39, 0.29) is 11.9 Å². The molecule has 1 unspecified atom stereocenters. The Labute approximate surface area is 177 Å². The fourth-order valence-corrected chi connectivity index (χ4v) is 3.92. The number of hydrogen-bond donors (Lipinski definition) is 2. The van der Waals surface area contributed by atoms with Gasteiger partial charge in [-0.2, -0.15) is 0 Å². The van der Waals surface area contributed by atoms with Crippen molar-refractivity contribution in [1.82, 2.24) is 15.3 Å². The third kappa shape index (κ3) is 4.23. The lowest BCUT2D eigenvalue weighted by atomic mass is 10.0. The number of H-pyrrole nitrogens is 1. The quantitative estimate of drug-likeness (QED) is 0.405. The van der Waals surface area contributed by atoms with Gasteiger partial charge in [-0.15, -0.1) is 0 Å². The summed E-state index contributed by atoms with van der Waals surface area (Å²) in [6, 6.07) is 19.1. The molecule has 4 aromatic rings. The van der Waals surface area contributed by atoms with Crippen molar-refractivity contribution in [3.05, 3.63) is 65.7 Å². The number of aromatic amines is 1. The standard InChI is InChI=1S/C26H29N3O/c1-4-18(3)27-25(30)11-7-9-20-21-16-17(2)12-14-23(21)29-26(20)24-15-13-19-8-5-6-10-22(19)28-24/h5-6,8,10,12-16,18,29H,4,7,9,11H2,1-3H3,(H,27,30). The lowest BCUT2D eigenvalue weighted by Crippen LogP contribution is -2.31. The number of nitrogens with zero attached hydrogens (tertiary/aromatic N) is 1. The van der Waals surface area contributed by atoms with Crippen LogP contribution in [0, 0.1) is 6.92 Å². The maximum Gasteiger partial charge on any atom is 0.220 e. The zero-order valence-corrected chi connectivity index (χ0v) is 18.0. The summed E-state index contributed by atoms with van der Waals surface area (Å²) in [6.45, 7) is 6.25. The number of benzene rings is 2. The second kappa shape index (κ2) is 8.70. The van der Waals surface area contributed by atoms with E-state index in [1.165, 1.54) is 16.5 Å². The molecule has 4 nitrogen and oxygen atoms in total. The number of carbonyl (C=O) groups is 1. The molecule has 0 saturated carbocycles. The summed E-state index contributed by atoms with van der Waals surface area (Å²) in [5.74, 6) is 0.130. The predicted octanol–water partition coefficient (Wildman–Crippen LogP) is 5.93. The molecule has 2 heterocycles. The van der Waals surface area contributed by atoms with Gasteiger partial charge in [0.25, 0.3) is 0 Å². The average Bonchev–Trinajstić information content (AvgIpc) is 3.11. The maximum absolute atomic E-state index is 12.2. The van der Waals surface area contributed by atoms with E-state index >= 15 is 0 Å². The summed E-state index contributed by atoms with van der Waals surface area (Å²) in [5.41, 5.74) is 6.58. The highest BCUT2D eigenvalue weighted by molar-refractivity contribution is 5.92. The van der Waals surface area contributed by atoms with Crippen molar-refractivity contribution in [3.8, 4) is 11.4 Å². The van der Waals surface area contributed by atoms with E-state index in [1.54, 1.807) is 0 Å². The summed E-state index contributed by atoms with van der Waals surface area (Å²) in [5, 5.41) is 5.42. The predicted molar refractivity (Wildman–Crippen MR) is 125 cm³/mol. The Kier molecular flexibility index (Phi) is 5.84. The highest BCUT2D eigenvalue weighted by Crippen LogP contribution is 2.32. The molecule has 154 valence electrons. The van der Waals surface area contributed by atoms with Crippen molar-refractivity contribution in [2.45, 2.75) is 52.5 Å². The highest BCUT2D eigenvalue weighted by atomic mass is 16.1. The number of nitrogens with one attached hydrogen (secondary N) is 2. The van der Waals surface area contributed by atoms with Crippen molar-refractivity contribution in [2.24, 2.45) is 0 Å². The van der Waals surface area contributed by atoms with Crippen LogP contribution in [0.25, 0.3) is 33.2 Å². The van der Waals surface area contributed by atoms with Crippen LogP contribution in [0.1, 0.15) is 44.2 Å². The second-order valence-corrected chi connectivity index (χ2v) is 8.15. The molecule has 2 N–H and O–H groups in total. The number of aromatic nitrogens is 2. The van der Waals surface area contributed by atoms with Gasteiger partial charge in [-0.1, -0.05) is 42.8 Å². The number of para-hydroxylation sites is 1. The fourth-order valence-electron chi connectivity index (χ4n) is 3.92. The largest absolute Gasteiger partial charge is 0.354 e. The van der Waals surface area contributed by atoms with Gasteiger partial charge in [-0.05, 0) is 62.9 Å². The minimum atomic E-state index is 0.130. The zero-order valence-electron chi connectivity index (χ0n) is 18.0. The van der Waals surface area contributed by atoms with Gasteiger partial charge in [0, 0.05) is 28.8 Å². The van der Waals surface area contributed by atoms with E-state index in [9.17, 15) is 4.79 Å². The van der Waals surface area contributed by atoms with E-state index in [2.05, 4.69) is 60.5 Å². The Morgan fingerprint density at radius 1 is 1.13 bits per heavy atom. The molecule has 0 saturated heterocycles. The van der Waals surface area contributed by atoms with Crippen LogP contribution < -0.4 is 5.32 Å². The van der Waals surface area contributed by atoms with Crippen LogP contribution >= 0.6 is 0 Å². The van der Waals surface area contributed by atoms with Crippen LogP contribution in [0.2, 0.25) is 0 Å². The van der Waals surface area contributed by atoms with Gasteiger partial charge >= 0.3 is 0 Å². The van der Waals surface area contributed by atoms with Gasteiger partial charge in [0.1, 0.15) is 0 Å². The molecular weight excluding hydrogens is 370 g/mol. The minimum Gasteiger partial charge on any atom is -0.354 e. The third-order valence-electron chi connectivity index (χ3n) is 5.77. The Morgan fingerprint density at radius 2 is 1.97 bits per heavy atom. The van der Waals surface area contributed by atoms with Crippen LogP contribution in [-0.4, -0.2) is 21.9 Å². The molecule has 30 heavy (non-hydrogen) atoms. The second-order valence-electron chi connectivity index (χ2n) is 8.15. The van der Waals surface area contributed by atoms with E-state index < -0.39 is 0 Å². The van der Waals surface area contributed by atoms with E-state index in [4.69, 9.17) is 4.98 Å². The molecule has 0 aliphatic carbocycles. The molecule has 4 heteroatoms. The van der Waals surface area contributed by atoms with Gasteiger partial charge in [0.2, 0.25) is 5.91 Å². The van der Waals surface area contributed by atoms with Gasteiger partial charge in [-0.3, -0.25) is 4.79 Å². The normalized spacial score (nSPS) is 12.4. The molecule has 0 aliphatic rings. The van der Waals surface area contributed by atoms with Crippen molar-refractivity contribution in [1.29, 1.82) is 0 Å². The van der Waals surface area contributed by atoms with Crippen molar-refractivity contribution in [3.63, 3.8) is 0 Å². The molecular formula is C26H29N3O. The molecule has 0 aliphatic heterocycles. The van der Waals surface area contributed by atoms with Crippen molar-refractivity contribution in [2.75, 3.05) is 0 Å². The monoisotopic (exact) mass is 399 g/mol. The Bertz CT molecular complexity index is 1190. The van der Waals surface area contributed by atoms with E-state index in [0.29, 0.717) is 6.42 Å². The average molecular weight is 400 g/mol. The molecule has 2 aromatic heterocycles. The van der Waals surface area contributed by atoms with Crippen molar-refractivity contribution >= 4 is 27.7 Å². The van der Waals surface area contributed by atoms with Crippen LogP contribution in [0.5, 0.6) is 0 Å². The van der Waals surface area contributed by atoms with Crippen LogP contribution in [-0.2, 0) is 11.2 Å². The number of fused-ring (bicyclic) bond motifs is 2. The Balaban J connectivity index is 1.66. The smallest absolute Gasteiger partial charge is 0.220 e. The SMILES string of the molecule is CCC(C)NC(=O)CCCc1c(-c2ccc3ccccc3n2)[nH]c2ccc(C)cc12. The van der Waals surface area contributed by atoms with Crippen LogP contribution in [0.15, 0.2) is 54.6 Å². The molecule has 0 radical (unpaired) electrons. The minimum absolute atomic E-state index is 0.130. The van der Waals surface area contributed by atoms with Crippen LogP contribution in [0.4, 0.5) is 0 Å². The number of pyridine rings is 1. The number of rotatable bonds is 7. The van der Waals surface area contributed by atoms with Crippen molar-refractivity contribution < 1.29 is 4.79 Å². The maximum atomic E-state index is 12.2. The third-order valence-corrected chi connectivity index (χ3v) is 5.77. The first kappa shape index (κ1) is 20.1. The molecule has 1 atom stereocenters. The summed E-state index contributed by atoms with van der Waals surface area (Å²) in [7, 11) is 0. The van der Waals surface area contributed by atoms with Gasteiger partial charge in [-0.25, -0.2) is 4.98 Å². The van der Waals surface area contributed by atoms with E-state index in [1.807, 2.05) is 25.1 Å². The van der Waals surface area contributed by atoms with Gasteiger partial charge in [0.15, 0.2) is 0 Å². The number of carbonyl (C=O) groups excluding carboxylic acids is 1. The summed E-state index contributed by atoms with van der Waals surface area (Å²) < 4.78 is 0. The molecule has 0 bridgehead atoms. The first-order valence-corrected chi connectivity index (χ1v) is 10.8. The Hall–Kier alpha value is -3.14. The molecule has 4 rings (SSSR count). The summed E-state index contributed by atoms with van der Waals surface area (Å²) in [4.78, 5) is 20.7. The molecule has 0 spiro atoms. The molecule has 2 aromatic carbocycles. The summed E-state index contributed by atoms with van der Waals surface area (Å²) in [6.07, 6.45) is 3.13. The first-order chi connectivity index (χ1) is 14.5. The highest BCUT2D eigenvalue weighted by Gasteiger charge is 2.15. The lowest BCUT2D eigenvalue weighted by molar-refractivity contribution is -0.121. The molecule has 0 fully saturated rings. The Morgan fingerprint density at radius 3 is 2.80 bits per heavy atom. The van der Waals surface area contributed by atoms with Gasteiger partial charge < -0.3 is 10.3 Å². The van der Waals surface area contributed by atoms with Gasteiger partial charge in [0.05, 0.1) is 16.9 Å². The number of hydrogen-bond acceptors (Lipinski definition) is 2. The van der Waals surface area contributed by atoms with Crippen LogP contribution in [0.3, 0.4) is 0 Å². The van der Waals surface area contributed by atoms with E-state index in [0.717, 1.165) is 47.1 Å². The molecule has 1 amide bonds. The number of aryl methyl sites for hydroxylation is 2. The first-order valence-electron chi connectivity index (χ1n) is 10.8. The fraction of sp³-hybridized carbons (Fsp3) is 0.308.